The molecule has 0 aliphatic rings. The van der Waals surface area contributed by atoms with Gasteiger partial charge in [-0.3, -0.25) is 9.48 Å². The predicted molar refractivity (Wildman–Crippen MR) is 84.9 cm³/mol. The highest BCUT2D eigenvalue weighted by atomic mass is 32.2. The van der Waals surface area contributed by atoms with Crippen LogP contribution in [0.15, 0.2) is 35.4 Å². The molecule has 0 fully saturated rings. The molecule has 0 radical (unpaired) electrons. The van der Waals surface area contributed by atoms with Gasteiger partial charge in [0.2, 0.25) is 0 Å². The van der Waals surface area contributed by atoms with Gasteiger partial charge in [-0.2, -0.15) is 5.10 Å². The third kappa shape index (κ3) is 4.36. The number of benzene rings is 1. The average Bonchev–Trinajstić information content (AvgIpc) is 2.81. The SMILES string of the molecule is CCCc1cc(SCC(=O)O)n(Cc2ccccc2C)n1. The number of carbonyl (C=O) groups is 1. The van der Waals surface area contributed by atoms with Crippen molar-refractivity contribution >= 4 is 17.7 Å². The van der Waals surface area contributed by atoms with E-state index in [9.17, 15) is 4.79 Å². The normalized spacial score (nSPS) is 10.8. The number of nitrogens with zero attached hydrogens (tertiary/aromatic N) is 2. The summed E-state index contributed by atoms with van der Waals surface area (Å²) in [5.41, 5.74) is 3.46. The minimum Gasteiger partial charge on any atom is -0.481 e. The molecule has 1 aromatic heterocycles. The van der Waals surface area contributed by atoms with Gasteiger partial charge in [0.15, 0.2) is 0 Å². The molecule has 0 saturated heterocycles. The second-order valence-electron chi connectivity index (χ2n) is 4.99. The van der Waals surface area contributed by atoms with E-state index in [-0.39, 0.29) is 5.75 Å². The van der Waals surface area contributed by atoms with Crippen LogP contribution in [0.1, 0.15) is 30.2 Å². The van der Waals surface area contributed by atoms with E-state index >= 15 is 0 Å². The zero-order chi connectivity index (χ0) is 15.2. The third-order valence-corrected chi connectivity index (χ3v) is 4.24. The quantitative estimate of drug-likeness (QED) is 0.797. The molecule has 1 aromatic carbocycles. The summed E-state index contributed by atoms with van der Waals surface area (Å²) in [5, 5.41) is 14.4. The van der Waals surface area contributed by atoms with Gasteiger partial charge in [-0.05, 0) is 30.5 Å². The van der Waals surface area contributed by atoms with Crippen LogP contribution in [0.25, 0.3) is 0 Å². The molecule has 1 N–H and O–H groups in total. The molecule has 0 aliphatic heterocycles. The summed E-state index contributed by atoms with van der Waals surface area (Å²) in [4.78, 5) is 10.8. The number of hydrogen-bond donors (Lipinski definition) is 1. The average molecular weight is 304 g/mol. The number of thioether (sulfide) groups is 1. The molecule has 4 nitrogen and oxygen atoms in total. The van der Waals surface area contributed by atoms with Gasteiger partial charge in [-0.25, -0.2) is 0 Å². The maximum Gasteiger partial charge on any atom is 0.313 e. The maximum atomic E-state index is 10.8. The second-order valence-corrected chi connectivity index (χ2v) is 5.99. The lowest BCUT2D eigenvalue weighted by Crippen LogP contribution is -2.06. The molecule has 0 unspecified atom stereocenters. The molecule has 0 aliphatic carbocycles. The van der Waals surface area contributed by atoms with Gasteiger partial charge in [0.1, 0.15) is 0 Å². The van der Waals surface area contributed by atoms with E-state index in [1.54, 1.807) is 0 Å². The zero-order valence-corrected chi connectivity index (χ0v) is 13.2. The summed E-state index contributed by atoms with van der Waals surface area (Å²) in [6.07, 6.45) is 1.95. The van der Waals surface area contributed by atoms with Crippen LogP contribution in [0.2, 0.25) is 0 Å². The Kier molecular flexibility index (Phi) is 5.44. The maximum absolute atomic E-state index is 10.8. The standard InChI is InChI=1S/C16H20N2O2S/c1-3-6-14-9-15(21-11-16(19)20)18(17-14)10-13-8-5-4-7-12(13)2/h4-5,7-9H,3,6,10-11H2,1-2H3,(H,19,20). The number of aromatic nitrogens is 2. The monoisotopic (exact) mass is 304 g/mol. The van der Waals surface area contributed by atoms with Crippen LogP contribution in [0, 0.1) is 6.92 Å². The Bertz CT molecular complexity index is 622. The highest BCUT2D eigenvalue weighted by molar-refractivity contribution is 7.99. The van der Waals surface area contributed by atoms with E-state index in [1.807, 2.05) is 22.9 Å². The smallest absolute Gasteiger partial charge is 0.313 e. The van der Waals surface area contributed by atoms with Crippen molar-refractivity contribution in [1.29, 1.82) is 0 Å². The lowest BCUT2D eigenvalue weighted by molar-refractivity contribution is -0.133. The molecule has 21 heavy (non-hydrogen) atoms. The van der Waals surface area contributed by atoms with Crippen molar-refractivity contribution < 1.29 is 9.90 Å². The Morgan fingerprint density at radius 3 is 2.81 bits per heavy atom. The van der Waals surface area contributed by atoms with Crippen molar-refractivity contribution in [2.75, 3.05) is 5.75 Å². The van der Waals surface area contributed by atoms with Crippen molar-refractivity contribution in [3.8, 4) is 0 Å². The van der Waals surface area contributed by atoms with E-state index in [4.69, 9.17) is 5.11 Å². The molecular weight excluding hydrogens is 284 g/mol. The molecule has 2 aromatic rings. The van der Waals surface area contributed by atoms with E-state index in [1.165, 1.54) is 22.9 Å². The van der Waals surface area contributed by atoms with Gasteiger partial charge < -0.3 is 5.11 Å². The first-order valence-corrected chi connectivity index (χ1v) is 8.04. The fourth-order valence-electron chi connectivity index (χ4n) is 2.14. The first-order chi connectivity index (χ1) is 10.1. The van der Waals surface area contributed by atoms with Crippen molar-refractivity contribution in [3.63, 3.8) is 0 Å². The summed E-state index contributed by atoms with van der Waals surface area (Å²) in [7, 11) is 0. The molecule has 5 heteroatoms. The zero-order valence-electron chi connectivity index (χ0n) is 12.4. The molecule has 1 heterocycles. The van der Waals surface area contributed by atoms with Crippen LogP contribution in [-0.2, 0) is 17.8 Å². The van der Waals surface area contributed by atoms with Gasteiger partial charge in [0.25, 0.3) is 0 Å². The van der Waals surface area contributed by atoms with E-state index in [0.717, 1.165) is 23.6 Å². The van der Waals surface area contributed by atoms with E-state index in [0.29, 0.717) is 6.54 Å². The first-order valence-electron chi connectivity index (χ1n) is 7.06. The molecule has 0 spiro atoms. The fourth-order valence-corrected chi connectivity index (χ4v) is 2.89. The largest absolute Gasteiger partial charge is 0.481 e. The van der Waals surface area contributed by atoms with Gasteiger partial charge in [-0.15, -0.1) is 0 Å². The number of carboxylic acids is 1. The molecular formula is C16H20N2O2S. The van der Waals surface area contributed by atoms with Gasteiger partial charge in [-0.1, -0.05) is 49.4 Å². The van der Waals surface area contributed by atoms with Crippen LogP contribution in [-0.4, -0.2) is 26.6 Å². The van der Waals surface area contributed by atoms with Gasteiger partial charge >= 0.3 is 5.97 Å². The Labute approximate surface area is 129 Å². The van der Waals surface area contributed by atoms with Gasteiger partial charge in [0.05, 0.1) is 23.0 Å². The van der Waals surface area contributed by atoms with Crippen LogP contribution in [0.3, 0.4) is 0 Å². The van der Waals surface area contributed by atoms with E-state index < -0.39 is 5.97 Å². The topological polar surface area (TPSA) is 55.1 Å². The number of aliphatic carboxylic acids is 1. The summed E-state index contributed by atoms with van der Waals surface area (Å²) < 4.78 is 1.92. The van der Waals surface area contributed by atoms with Crippen molar-refractivity contribution in [2.45, 2.75) is 38.3 Å². The third-order valence-electron chi connectivity index (χ3n) is 3.22. The highest BCUT2D eigenvalue weighted by Gasteiger charge is 2.11. The number of hydrogen-bond acceptors (Lipinski definition) is 3. The first kappa shape index (κ1) is 15.6. The number of aryl methyl sites for hydroxylation is 2. The van der Waals surface area contributed by atoms with Crippen LogP contribution in [0.4, 0.5) is 0 Å². The highest BCUT2D eigenvalue weighted by Crippen LogP contribution is 2.22. The molecule has 0 bridgehead atoms. The fraction of sp³-hybridized carbons (Fsp3) is 0.375. The van der Waals surface area contributed by atoms with Crippen molar-refractivity contribution in [1.82, 2.24) is 9.78 Å². The van der Waals surface area contributed by atoms with Crippen LogP contribution in [0.5, 0.6) is 0 Å². The molecule has 112 valence electrons. The molecule has 0 saturated carbocycles. The van der Waals surface area contributed by atoms with E-state index in [2.05, 4.69) is 31.1 Å². The second kappa shape index (κ2) is 7.31. The Morgan fingerprint density at radius 1 is 1.38 bits per heavy atom. The number of rotatable bonds is 7. The predicted octanol–water partition coefficient (Wildman–Crippen LogP) is 3.37. The summed E-state index contributed by atoms with van der Waals surface area (Å²) in [5.74, 6) is -0.744. The summed E-state index contributed by atoms with van der Waals surface area (Å²) in [6.45, 7) is 4.87. The van der Waals surface area contributed by atoms with Gasteiger partial charge in [0, 0.05) is 0 Å². The Morgan fingerprint density at radius 2 is 2.14 bits per heavy atom. The molecule has 0 amide bonds. The Balaban J connectivity index is 2.23. The van der Waals surface area contributed by atoms with Crippen molar-refractivity contribution in [3.05, 3.63) is 47.2 Å². The summed E-state index contributed by atoms with van der Waals surface area (Å²) >= 11 is 1.33. The van der Waals surface area contributed by atoms with Crippen molar-refractivity contribution in [2.24, 2.45) is 0 Å². The minimum absolute atomic E-state index is 0.0605. The Hall–Kier alpha value is -1.75. The van der Waals surface area contributed by atoms with Crippen LogP contribution < -0.4 is 0 Å². The molecule has 0 atom stereocenters. The minimum atomic E-state index is -0.805. The lowest BCUT2D eigenvalue weighted by atomic mass is 10.1. The van der Waals surface area contributed by atoms with Crippen LogP contribution >= 0.6 is 11.8 Å². The number of carboxylic acid groups (broad SMARTS) is 1. The lowest BCUT2D eigenvalue weighted by Gasteiger charge is -2.08. The molecule has 2 rings (SSSR count). The summed E-state index contributed by atoms with van der Waals surface area (Å²) in [6, 6.07) is 10.2.